The van der Waals surface area contributed by atoms with E-state index in [1.807, 2.05) is 6.92 Å². The Hall–Kier alpha value is -1.76. The highest BCUT2D eigenvalue weighted by Crippen LogP contribution is 2.33. The van der Waals surface area contributed by atoms with Crippen LogP contribution in [0.1, 0.15) is 6.92 Å². The van der Waals surface area contributed by atoms with Gasteiger partial charge in [0.15, 0.2) is 17.3 Å². The molecule has 0 saturated carbocycles. The normalized spacial score (nSPS) is 19.9. The molecule has 1 saturated heterocycles. The summed E-state index contributed by atoms with van der Waals surface area (Å²) >= 11 is 0. The molecule has 7 heteroatoms. The lowest BCUT2D eigenvalue weighted by atomic mass is 10.1. The highest BCUT2D eigenvalue weighted by atomic mass is 19.2. The smallest absolute Gasteiger partial charge is 0.295 e. The number of nitro benzene ring substituents is 1. The average molecular weight is 257 g/mol. The van der Waals surface area contributed by atoms with E-state index in [-0.39, 0.29) is 11.7 Å². The summed E-state index contributed by atoms with van der Waals surface area (Å²) in [4.78, 5) is 11.7. The third-order valence-corrected chi connectivity index (χ3v) is 2.93. The molecule has 1 N–H and O–H groups in total. The van der Waals surface area contributed by atoms with Crippen LogP contribution in [0.5, 0.6) is 0 Å². The van der Waals surface area contributed by atoms with Crippen LogP contribution in [0.4, 0.5) is 20.2 Å². The maximum atomic E-state index is 13.8. The van der Waals surface area contributed by atoms with E-state index in [1.165, 1.54) is 4.90 Å². The average Bonchev–Trinajstić information content (AvgIpc) is 2.32. The van der Waals surface area contributed by atoms with Crippen LogP contribution in [0, 0.1) is 21.7 Å². The van der Waals surface area contributed by atoms with Crippen molar-refractivity contribution in [3.8, 4) is 0 Å². The van der Waals surface area contributed by atoms with Gasteiger partial charge in [0.25, 0.3) is 5.69 Å². The predicted molar refractivity (Wildman–Crippen MR) is 62.7 cm³/mol. The summed E-state index contributed by atoms with van der Waals surface area (Å²) in [5.41, 5.74) is -0.656. The SMILES string of the molecule is CC1CN(c2c([N+](=O)[O-])ccc(F)c2F)CCN1. The number of nitrogens with zero attached hydrogens (tertiary/aromatic N) is 2. The summed E-state index contributed by atoms with van der Waals surface area (Å²) in [5, 5.41) is 14.0. The molecule has 0 radical (unpaired) electrons. The fraction of sp³-hybridized carbons (Fsp3) is 0.455. The molecule has 2 rings (SSSR count). The van der Waals surface area contributed by atoms with Crippen molar-refractivity contribution in [1.82, 2.24) is 5.32 Å². The molecular weight excluding hydrogens is 244 g/mol. The Balaban J connectivity index is 2.46. The van der Waals surface area contributed by atoms with Crippen molar-refractivity contribution in [1.29, 1.82) is 0 Å². The molecule has 1 unspecified atom stereocenters. The number of hydrogen-bond acceptors (Lipinski definition) is 4. The molecule has 5 nitrogen and oxygen atoms in total. The number of benzene rings is 1. The molecule has 1 atom stereocenters. The van der Waals surface area contributed by atoms with Crippen molar-refractivity contribution in [2.45, 2.75) is 13.0 Å². The van der Waals surface area contributed by atoms with Crippen LogP contribution in [-0.4, -0.2) is 30.6 Å². The standard InChI is InChI=1S/C11H13F2N3O2/c1-7-6-15(5-4-14-7)11-9(16(17)18)3-2-8(12)10(11)13/h2-3,7,14H,4-6H2,1H3. The third-order valence-electron chi connectivity index (χ3n) is 2.93. The molecule has 1 aromatic rings. The second-order valence-corrected chi connectivity index (χ2v) is 4.29. The monoisotopic (exact) mass is 257 g/mol. The lowest BCUT2D eigenvalue weighted by Gasteiger charge is -2.33. The van der Waals surface area contributed by atoms with Crippen LogP contribution in [0.3, 0.4) is 0 Å². The van der Waals surface area contributed by atoms with Crippen LogP contribution in [-0.2, 0) is 0 Å². The number of rotatable bonds is 2. The van der Waals surface area contributed by atoms with E-state index in [0.29, 0.717) is 19.6 Å². The molecular formula is C11H13F2N3O2. The third kappa shape index (κ3) is 2.26. The topological polar surface area (TPSA) is 58.4 Å². The van der Waals surface area contributed by atoms with Gasteiger partial charge in [0.05, 0.1) is 4.92 Å². The van der Waals surface area contributed by atoms with Gasteiger partial charge in [-0.15, -0.1) is 0 Å². The first-order valence-corrected chi connectivity index (χ1v) is 5.61. The fourth-order valence-corrected chi connectivity index (χ4v) is 2.11. The van der Waals surface area contributed by atoms with Crippen LogP contribution < -0.4 is 10.2 Å². The largest absolute Gasteiger partial charge is 0.361 e. The van der Waals surface area contributed by atoms with Gasteiger partial charge >= 0.3 is 0 Å². The minimum absolute atomic E-state index is 0.0704. The van der Waals surface area contributed by atoms with Crippen molar-refractivity contribution < 1.29 is 13.7 Å². The van der Waals surface area contributed by atoms with Gasteiger partial charge in [0.2, 0.25) is 0 Å². The summed E-state index contributed by atoms with van der Waals surface area (Å²) in [7, 11) is 0. The minimum atomic E-state index is -1.15. The molecule has 1 heterocycles. The Morgan fingerprint density at radius 1 is 1.50 bits per heavy atom. The summed E-state index contributed by atoms with van der Waals surface area (Å²) in [6, 6.07) is 1.85. The highest BCUT2D eigenvalue weighted by molar-refractivity contribution is 5.64. The number of anilines is 1. The van der Waals surface area contributed by atoms with E-state index in [0.717, 1.165) is 12.1 Å². The van der Waals surface area contributed by atoms with E-state index in [2.05, 4.69) is 5.32 Å². The maximum absolute atomic E-state index is 13.8. The van der Waals surface area contributed by atoms with Crippen LogP contribution in [0.2, 0.25) is 0 Å². The van der Waals surface area contributed by atoms with Gasteiger partial charge in [0, 0.05) is 31.7 Å². The Labute approximate surface area is 103 Å². The summed E-state index contributed by atoms with van der Waals surface area (Å²) in [6.07, 6.45) is 0. The molecule has 0 aromatic heterocycles. The lowest BCUT2D eigenvalue weighted by Crippen LogP contribution is -2.49. The molecule has 0 spiro atoms. The van der Waals surface area contributed by atoms with E-state index in [4.69, 9.17) is 0 Å². The second-order valence-electron chi connectivity index (χ2n) is 4.29. The van der Waals surface area contributed by atoms with Gasteiger partial charge in [-0.25, -0.2) is 8.78 Å². The minimum Gasteiger partial charge on any atom is -0.361 e. The maximum Gasteiger partial charge on any atom is 0.295 e. The molecule has 18 heavy (non-hydrogen) atoms. The Morgan fingerprint density at radius 2 is 2.22 bits per heavy atom. The van der Waals surface area contributed by atoms with Gasteiger partial charge in [-0.3, -0.25) is 10.1 Å². The molecule has 0 amide bonds. The number of nitro groups is 1. The van der Waals surface area contributed by atoms with E-state index < -0.39 is 22.2 Å². The zero-order chi connectivity index (χ0) is 13.3. The first-order valence-electron chi connectivity index (χ1n) is 5.61. The van der Waals surface area contributed by atoms with Crippen molar-refractivity contribution >= 4 is 11.4 Å². The summed E-state index contributed by atoms with van der Waals surface area (Å²) in [6.45, 7) is 3.27. The van der Waals surface area contributed by atoms with E-state index in [9.17, 15) is 18.9 Å². The van der Waals surface area contributed by atoms with Crippen LogP contribution in [0.15, 0.2) is 12.1 Å². The molecule has 1 aromatic carbocycles. The summed E-state index contributed by atoms with van der Waals surface area (Å²) in [5.74, 6) is -2.22. The first kappa shape index (κ1) is 12.7. The van der Waals surface area contributed by atoms with Gasteiger partial charge in [-0.05, 0) is 13.0 Å². The molecule has 0 aliphatic carbocycles. The zero-order valence-corrected chi connectivity index (χ0v) is 9.82. The molecule has 0 bridgehead atoms. The number of nitrogens with one attached hydrogen (secondary N) is 1. The number of hydrogen-bond donors (Lipinski definition) is 1. The molecule has 1 aliphatic heterocycles. The van der Waals surface area contributed by atoms with Crippen LogP contribution >= 0.6 is 0 Å². The van der Waals surface area contributed by atoms with Crippen molar-refractivity contribution in [3.05, 3.63) is 33.9 Å². The predicted octanol–water partition coefficient (Wildman–Crippen LogP) is 1.67. The Kier molecular flexibility index (Phi) is 3.42. The van der Waals surface area contributed by atoms with Crippen molar-refractivity contribution in [2.75, 3.05) is 24.5 Å². The van der Waals surface area contributed by atoms with Crippen LogP contribution in [0.25, 0.3) is 0 Å². The lowest BCUT2D eigenvalue weighted by molar-refractivity contribution is -0.384. The van der Waals surface area contributed by atoms with Crippen molar-refractivity contribution in [2.24, 2.45) is 0 Å². The second kappa shape index (κ2) is 4.85. The molecule has 1 fully saturated rings. The van der Waals surface area contributed by atoms with Gasteiger partial charge in [0.1, 0.15) is 0 Å². The fourth-order valence-electron chi connectivity index (χ4n) is 2.11. The number of halogens is 2. The Morgan fingerprint density at radius 3 is 2.83 bits per heavy atom. The van der Waals surface area contributed by atoms with E-state index in [1.54, 1.807) is 0 Å². The van der Waals surface area contributed by atoms with Gasteiger partial charge in [-0.1, -0.05) is 0 Å². The molecule has 1 aliphatic rings. The first-order chi connectivity index (χ1) is 8.50. The van der Waals surface area contributed by atoms with Gasteiger partial charge < -0.3 is 10.2 Å². The zero-order valence-electron chi connectivity index (χ0n) is 9.82. The highest BCUT2D eigenvalue weighted by Gasteiger charge is 2.28. The van der Waals surface area contributed by atoms with Gasteiger partial charge in [-0.2, -0.15) is 0 Å². The molecule has 98 valence electrons. The number of piperazine rings is 1. The van der Waals surface area contributed by atoms with Crippen molar-refractivity contribution in [3.63, 3.8) is 0 Å². The summed E-state index contributed by atoms with van der Waals surface area (Å²) < 4.78 is 27.0. The quantitative estimate of drug-likeness (QED) is 0.646. The van der Waals surface area contributed by atoms with E-state index >= 15 is 0 Å². The Bertz CT molecular complexity index is 482.